The number of ether oxygens (including phenoxy) is 1. The van der Waals surface area contributed by atoms with Gasteiger partial charge in [-0.15, -0.1) is 0 Å². The molecular weight excluding hydrogens is 304 g/mol. The molecule has 3 heterocycles. The van der Waals surface area contributed by atoms with Crippen molar-refractivity contribution < 1.29 is 9.53 Å². The molecule has 1 amide bonds. The second-order valence-corrected chi connectivity index (χ2v) is 7.56. The first kappa shape index (κ1) is 16.1. The van der Waals surface area contributed by atoms with Crippen LogP contribution in [-0.4, -0.2) is 64.7 Å². The highest BCUT2D eigenvalue weighted by molar-refractivity contribution is 5.83. The smallest absolute Gasteiger partial charge is 0.226 e. The van der Waals surface area contributed by atoms with Crippen molar-refractivity contribution in [2.45, 2.75) is 32.2 Å². The molecule has 1 aliphatic carbocycles. The maximum atomic E-state index is 13.1. The van der Waals surface area contributed by atoms with Gasteiger partial charge in [0.05, 0.1) is 6.04 Å². The summed E-state index contributed by atoms with van der Waals surface area (Å²) in [6, 6.07) is 0.206. The number of hydrogen-bond acceptors (Lipinski definition) is 4. The zero-order valence-corrected chi connectivity index (χ0v) is 14.8. The zero-order chi connectivity index (χ0) is 16.7. The van der Waals surface area contributed by atoms with E-state index in [1.54, 1.807) is 0 Å². The molecule has 6 heteroatoms. The maximum Gasteiger partial charge on any atom is 0.226 e. The average molecular weight is 332 g/mol. The monoisotopic (exact) mass is 332 g/mol. The number of carbonyl (C=O) groups excluding carboxylic acids is 1. The van der Waals surface area contributed by atoms with Crippen molar-refractivity contribution in [2.24, 2.45) is 18.4 Å². The summed E-state index contributed by atoms with van der Waals surface area (Å²) < 4.78 is 7.57. The Morgan fingerprint density at radius 1 is 1.38 bits per heavy atom. The van der Waals surface area contributed by atoms with Crippen LogP contribution in [0.5, 0.6) is 0 Å². The largest absolute Gasteiger partial charge is 0.381 e. The van der Waals surface area contributed by atoms with Crippen LogP contribution in [0.4, 0.5) is 0 Å². The summed E-state index contributed by atoms with van der Waals surface area (Å²) in [4.78, 5) is 22.1. The molecule has 2 aliphatic heterocycles. The van der Waals surface area contributed by atoms with Crippen molar-refractivity contribution in [3.8, 4) is 0 Å². The van der Waals surface area contributed by atoms with Gasteiger partial charge >= 0.3 is 0 Å². The Morgan fingerprint density at radius 2 is 2.17 bits per heavy atom. The van der Waals surface area contributed by atoms with E-state index in [0.29, 0.717) is 5.91 Å². The Hall–Kier alpha value is -1.40. The van der Waals surface area contributed by atoms with Gasteiger partial charge in [0.15, 0.2) is 0 Å². The molecule has 24 heavy (non-hydrogen) atoms. The van der Waals surface area contributed by atoms with E-state index >= 15 is 0 Å². The van der Waals surface area contributed by atoms with E-state index in [9.17, 15) is 4.79 Å². The molecule has 3 fully saturated rings. The van der Waals surface area contributed by atoms with Gasteiger partial charge in [0.25, 0.3) is 0 Å². The third kappa shape index (κ3) is 2.65. The highest BCUT2D eigenvalue weighted by atomic mass is 16.5. The van der Waals surface area contributed by atoms with Gasteiger partial charge in [-0.1, -0.05) is 6.92 Å². The van der Waals surface area contributed by atoms with Gasteiger partial charge in [-0.3, -0.25) is 9.69 Å². The van der Waals surface area contributed by atoms with E-state index in [0.717, 1.165) is 64.5 Å². The second-order valence-electron chi connectivity index (χ2n) is 7.56. The number of piperazine rings is 1. The van der Waals surface area contributed by atoms with Gasteiger partial charge in [0.1, 0.15) is 5.82 Å². The van der Waals surface area contributed by atoms with Crippen molar-refractivity contribution in [1.29, 1.82) is 0 Å². The number of aromatic nitrogens is 2. The van der Waals surface area contributed by atoms with Crippen LogP contribution in [0.2, 0.25) is 0 Å². The summed E-state index contributed by atoms with van der Waals surface area (Å²) in [5, 5.41) is 0. The van der Waals surface area contributed by atoms with Crippen molar-refractivity contribution >= 4 is 5.91 Å². The van der Waals surface area contributed by atoms with E-state index in [1.807, 2.05) is 19.4 Å². The first-order chi connectivity index (χ1) is 11.6. The summed E-state index contributed by atoms with van der Waals surface area (Å²) in [7, 11) is 2.04. The molecule has 1 aromatic heterocycles. The summed E-state index contributed by atoms with van der Waals surface area (Å²) in [5.41, 5.74) is 0.260. The highest BCUT2D eigenvalue weighted by Crippen LogP contribution is 2.59. The van der Waals surface area contributed by atoms with Crippen molar-refractivity contribution in [3.05, 3.63) is 18.2 Å². The van der Waals surface area contributed by atoms with Crippen LogP contribution in [0.15, 0.2) is 12.4 Å². The topological polar surface area (TPSA) is 50.6 Å². The van der Waals surface area contributed by atoms with Crippen LogP contribution in [-0.2, 0) is 16.6 Å². The van der Waals surface area contributed by atoms with Crippen LogP contribution in [0.1, 0.15) is 38.1 Å². The minimum atomic E-state index is 0.206. The predicted octanol–water partition coefficient (Wildman–Crippen LogP) is 1.44. The van der Waals surface area contributed by atoms with E-state index < -0.39 is 0 Å². The van der Waals surface area contributed by atoms with Crippen molar-refractivity contribution in [1.82, 2.24) is 19.4 Å². The van der Waals surface area contributed by atoms with E-state index in [1.165, 1.54) is 0 Å². The number of aryl methyl sites for hydroxylation is 1. The van der Waals surface area contributed by atoms with E-state index in [2.05, 4.69) is 26.3 Å². The zero-order valence-electron chi connectivity index (χ0n) is 14.8. The standard InChI is InChI=1S/C18H28N4O2/c1-3-21-8-9-22(13-15(21)16-19-6-7-20(16)2)17(23)14-12-18(14)4-10-24-11-5-18/h6-7,14-15H,3-5,8-13H2,1-2H3/t14-,15+/m0/s1. The minimum absolute atomic E-state index is 0.206. The molecular formula is C18H28N4O2. The fourth-order valence-electron chi connectivity index (χ4n) is 4.59. The number of imidazole rings is 1. The first-order valence-electron chi connectivity index (χ1n) is 9.22. The van der Waals surface area contributed by atoms with Crippen LogP contribution < -0.4 is 0 Å². The number of hydrogen-bond donors (Lipinski definition) is 0. The molecule has 0 bridgehead atoms. The van der Waals surface area contributed by atoms with Gasteiger partial charge in [-0.05, 0) is 31.2 Å². The molecule has 1 saturated carbocycles. The molecule has 132 valence electrons. The van der Waals surface area contributed by atoms with Gasteiger partial charge < -0.3 is 14.2 Å². The summed E-state index contributed by atoms with van der Waals surface area (Å²) in [5.74, 6) is 1.66. The van der Waals surface area contributed by atoms with Crippen molar-refractivity contribution in [2.75, 3.05) is 39.4 Å². The SMILES string of the molecule is CCN1CCN(C(=O)[C@@H]2CC23CCOCC3)C[C@@H]1c1nccn1C. The molecule has 2 saturated heterocycles. The molecule has 0 radical (unpaired) electrons. The number of carbonyl (C=O) groups is 1. The first-order valence-corrected chi connectivity index (χ1v) is 9.22. The quantitative estimate of drug-likeness (QED) is 0.840. The Labute approximate surface area is 143 Å². The van der Waals surface area contributed by atoms with Gasteiger partial charge in [-0.2, -0.15) is 0 Å². The Morgan fingerprint density at radius 3 is 2.83 bits per heavy atom. The lowest BCUT2D eigenvalue weighted by Gasteiger charge is -2.41. The molecule has 3 aliphatic rings. The second kappa shape index (κ2) is 6.15. The van der Waals surface area contributed by atoms with Crippen LogP contribution in [0.25, 0.3) is 0 Å². The lowest BCUT2D eigenvalue weighted by atomic mass is 9.93. The molecule has 4 rings (SSSR count). The Kier molecular flexibility index (Phi) is 4.12. The lowest BCUT2D eigenvalue weighted by Crippen LogP contribution is -2.51. The number of amides is 1. The molecule has 6 nitrogen and oxygen atoms in total. The number of rotatable bonds is 3. The lowest BCUT2D eigenvalue weighted by molar-refractivity contribution is -0.137. The molecule has 1 aromatic rings. The van der Waals surface area contributed by atoms with Crippen LogP contribution >= 0.6 is 0 Å². The van der Waals surface area contributed by atoms with Gasteiger partial charge in [-0.25, -0.2) is 4.98 Å². The normalized spacial score (nSPS) is 29.8. The van der Waals surface area contributed by atoms with Gasteiger partial charge in [0, 0.05) is 58.2 Å². The minimum Gasteiger partial charge on any atom is -0.381 e. The molecule has 1 spiro atoms. The predicted molar refractivity (Wildman–Crippen MR) is 90.4 cm³/mol. The average Bonchev–Trinajstić information content (AvgIpc) is 3.12. The molecule has 0 unspecified atom stereocenters. The molecule has 2 atom stereocenters. The Bertz CT molecular complexity index is 608. The third-order valence-electron chi connectivity index (χ3n) is 6.34. The Balaban J connectivity index is 1.47. The number of nitrogens with zero attached hydrogens (tertiary/aromatic N) is 4. The third-order valence-corrected chi connectivity index (χ3v) is 6.34. The maximum absolute atomic E-state index is 13.1. The van der Waals surface area contributed by atoms with Crippen LogP contribution in [0, 0.1) is 11.3 Å². The van der Waals surface area contributed by atoms with Crippen LogP contribution in [0.3, 0.4) is 0 Å². The fraction of sp³-hybridized carbons (Fsp3) is 0.778. The number of likely N-dealkylation sites (N-methyl/N-ethyl adjacent to an activating group) is 1. The molecule has 0 aromatic carbocycles. The fourth-order valence-corrected chi connectivity index (χ4v) is 4.59. The van der Waals surface area contributed by atoms with Crippen molar-refractivity contribution in [3.63, 3.8) is 0 Å². The summed E-state index contributed by atoms with van der Waals surface area (Å²) in [6.45, 7) is 7.36. The molecule has 0 N–H and O–H groups in total. The van der Waals surface area contributed by atoms with Gasteiger partial charge in [0.2, 0.25) is 5.91 Å². The van der Waals surface area contributed by atoms with E-state index in [4.69, 9.17) is 4.74 Å². The van der Waals surface area contributed by atoms with E-state index in [-0.39, 0.29) is 17.4 Å². The highest BCUT2D eigenvalue weighted by Gasteiger charge is 2.59. The summed E-state index contributed by atoms with van der Waals surface area (Å²) >= 11 is 0. The summed E-state index contributed by atoms with van der Waals surface area (Å²) in [6.07, 6.45) is 7.02.